The summed E-state index contributed by atoms with van der Waals surface area (Å²) >= 11 is 8.07. The first-order valence-corrected chi connectivity index (χ1v) is 8.17. The Morgan fingerprint density at radius 2 is 2.05 bits per heavy atom. The molecule has 0 saturated carbocycles. The molecule has 4 nitrogen and oxygen atoms in total. The van der Waals surface area contributed by atoms with Gasteiger partial charge in [0, 0.05) is 11.0 Å². The Labute approximate surface area is 137 Å². The predicted molar refractivity (Wildman–Crippen MR) is 89.3 cm³/mol. The van der Waals surface area contributed by atoms with Crippen LogP contribution in [0.2, 0.25) is 0 Å². The summed E-state index contributed by atoms with van der Waals surface area (Å²) in [6.07, 6.45) is 0. The number of hydrogen-bond donors (Lipinski definition) is 2. The molecular formula is C13H12Br2N2O2S. The van der Waals surface area contributed by atoms with Crippen molar-refractivity contribution >= 4 is 60.5 Å². The molecule has 0 radical (unpaired) electrons. The fourth-order valence-corrected chi connectivity index (χ4v) is 3.73. The molecule has 0 atom stereocenters. The van der Waals surface area contributed by atoms with Gasteiger partial charge in [-0.2, -0.15) is 0 Å². The summed E-state index contributed by atoms with van der Waals surface area (Å²) in [5.41, 5.74) is 7.02. The average Bonchev–Trinajstić information content (AvgIpc) is 2.76. The number of carbonyl (C=O) groups excluding carboxylic acids is 1. The molecule has 2 aromatic rings. The van der Waals surface area contributed by atoms with Gasteiger partial charge in [0.1, 0.15) is 0 Å². The molecule has 3 N–H and O–H groups in total. The van der Waals surface area contributed by atoms with Crippen molar-refractivity contribution in [3.05, 3.63) is 43.5 Å². The first-order valence-electron chi connectivity index (χ1n) is 5.76. The van der Waals surface area contributed by atoms with E-state index in [2.05, 4.69) is 31.9 Å². The zero-order chi connectivity index (χ0) is 14.7. The standard InChI is InChI=1S/C13H12Br2N2O2S/c14-8-7-11(20-12(8)15)13(19)17(5-6-18)10-4-2-1-3-9(10)16/h1-4,7,18H,5-6,16H2. The lowest BCUT2D eigenvalue weighted by molar-refractivity contribution is 0.0985. The first kappa shape index (κ1) is 15.5. The van der Waals surface area contributed by atoms with Gasteiger partial charge in [0.15, 0.2) is 0 Å². The number of halogens is 2. The normalized spacial score (nSPS) is 10.6. The second kappa shape index (κ2) is 6.71. The second-order valence-electron chi connectivity index (χ2n) is 3.97. The lowest BCUT2D eigenvalue weighted by Crippen LogP contribution is -2.33. The molecule has 1 aromatic heterocycles. The average molecular weight is 420 g/mol. The largest absolute Gasteiger partial charge is 0.397 e. The van der Waals surface area contributed by atoms with Crippen LogP contribution in [0.15, 0.2) is 38.6 Å². The molecule has 0 saturated heterocycles. The molecule has 1 aromatic carbocycles. The van der Waals surface area contributed by atoms with E-state index in [4.69, 9.17) is 5.73 Å². The van der Waals surface area contributed by atoms with E-state index in [0.29, 0.717) is 16.3 Å². The third-order valence-electron chi connectivity index (χ3n) is 2.65. The van der Waals surface area contributed by atoms with Crippen LogP contribution in [-0.2, 0) is 0 Å². The zero-order valence-electron chi connectivity index (χ0n) is 10.3. The van der Waals surface area contributed by atoms with Crippen molar-refractivity contribution in [1.29, 1.82) is 0 Å². The number of nitrogen functional groups attached to an aromatic ring is 1. The number of thiophene rings is 1. The summed E-state index contributed by atoms with van der Waals surface area (Å²) in [5.74, 6) is -0.187. The minimum Gasteiger partial charge on any atom is -0.397 e. The number of anilines is 2. The molecular weight excluding hydrogens is 408 g/mol. The summed E-state index contributed by atoms with van der Waals surface area (Å²) in [7, 11) is 0. The van der Waals surface area contributed by atoms with Crippen molar-refractivity contribution in [1.82, 2.24) is 0 Å². The Hall–Kier alpha value is -0.890. The predicted octanol–water partition coefficient (Wildman–Crippen LogP) is 3.49. The smallest absolute Gasteiger partial charge is 0.268 e. The molecule has 0 unspecified atom stereocenters. The number of aliphatic hydroxyl groups is 1. The Kier molecular flexibility index (Phi) is 5.20. The van der Waals surface area contributed by atoms with Crippen molar-refractivity contribution < 1.29 is 9.90 Å². The molecule has 2 rings (SSSR count). The molecule has 0 spiro atoms. The molecule has 0 aliphatic heterocycles. The number of hydrogen-bond acceptors (Lipinski definition) is 4. The van der Waals surface area contributed by atoms with Crippen LogP contribution in [0.4, 0.5) is 11.4 Å². The van der Waals surface area contributed by atoms with Crippen LogP contribution in [0.5, 0.6) is 0 Å². The summed E-state index contributed by atoms with van der Waals surface area (Å²) in [4.78, 5) is 14.6. The van der Waals surface area contributed by atoms with Crippen LogP contribution in [0, 0.1) is 0 Å². The quantitative estimate of drug-likeness (QED) is 0.745. The number of carbonyl (C=O) groups is 1. The molecule has 20 heavy (non-hydrogen) atoms. The molecule has 1 amide bonds. The van der Waals surface area contributed by atoms with E-state index in [1.165, 1.54) is 16.2 Å². The van der Waals surface area contributed by atoms with Gasteiger partial charge in [0.05, 0.1) is 26.6 Å². The van der Waals surface area contributed by atoms with Gasteiger partial charge in [-0.05, 0) is 50.1 Å². The minimum absolute atomic E-state index is 0.131. The Morgan fingerprint density at radius 3 is 2.60 bits per heavy atom. The fourth-order valence-electron chi connectivity index (χ4n) is 1.75. The summed E-state index contributed by atoms with van der Waals surface area (Å²) < 4.78 is 1.68. The summed E-state index contributed by atoms with van der Waals surface area (Å²) in [5, 5.41) is 9.19. The van der Waals surface area contributed by atoms with Crippen molar-refractivity contribution in [2.45, 2.75) is 0 Å². The van der Waals surface area contributed by atoms with Gasteiger partial charge < -0.3 is 15.7 Å². The number of nitrogens with zero attached hydrogens (tertiary/aromatic N) is 1. The third-order valence-corrected chi connectivity index (χ3v) is 5.90. The number of rotatable bonds is 4. The second-order valence-corrected chi connectivity index (χ2v) is 7.20. The van der Waals surface area contributed by atoms with Crippen LogP contribution in [0.3, 0.4) is 0 Å². The Bertz CT molecular complexity index is 611. The monoisotopic (exact) mass is 418 g/mol. The van der Waals surface area contributed by atoms with Gasteiger partial charge in [0.2, 0.25) is 0 Å². The van der Waals surface area contributed by atoms with Gasteiger partial charge in [-0.25, -0.2) is 0 Å². The van der Waals surface area contributed by atoms with E-state index in [1.807, 2.05) is 6.07 Å². The maximum absolute atomic E-state index is 12.6. The van der Waals surface area contributed by atoms with Crippen molar-refractivity contribution in [2.24, 2.45) is 0 Å². The molecule has 7 heteroatoms. The third kappa shape index (κ3) is 3.22. The van der Waals surface area contributed by atoms with Crippen LogP contribution in [0.25, 0.3) is 0 Å². The lowest BCUT2D eigenvalue weighted by atomic mass is 10.2. The van der Waals surface area contributed by atoms with Crippen LogP contribution in [0.1, 0.15) is 9.67 Å². The maximum Gasteiger partial charge on any atom is 0.268 e. The zero-order valence-corrected chi connectivity index (χ0v) is 14.3. The fraction of sp³-hybridized carbons (Fsp3) is 0.154. The van der Waals surface area contributed by atoms with Crippen LogP contribution in [-0.4, -0.2) is 24.2 Å². The molecule has 0 fully saturated rings. The van der Waals surface area contributed by atoms with Crippen LogP contribution < -0.4 is 10.6 Å². The van der Waals surface area contributed by atoms with Gasteiger partial charge in [-0.3, -0.25) is 4.79 Å². The Morgan fingerprint density at radius 1 is 1.35 bits per heavy atom. The topological polar surface area (TPSA) is 66.6 Å². The van der Waals surface area contributed by atoms with Gasteiger partial charge in [-0.15, -0.1) is 11.3 Å². The van der Waals surface area contributed by atoms with Gasteiger partial charge in [0.25, 0.3) is 5.91 Å². The first-order chi connectivity index (χ1) is 9.54. The van der Waals surface area contributed by atoms with E-state index < -0.39 is 0 Å². The molecule has 0 aliphatic rings. The maximum atomic E-state index is 12.6. The number of amides is 1. The van der Waals surface area contributed by atoms with Crippen LogP contribution >= 0.6 is 43.2 Å². The van der Waals surface area contributed by atoms with E-state index >= 15 is 0 Å². The van der Waals surface area contributed by atoms with Gasteiger partial charge >= 0.3 is 0 Å². The van der Waals surface area contributed by atoms with Gasteiger partial charge in [-0.1, -0.05) is 12.1 Å². The van der Waals surface area contributed by atoms with E-state index in [0.717, 1.165) is 8.26 Å². The number of benzene rings is 1. The van der Waals surface area contributed by atoms with E-state index in [-0.39, 0.29) is 19.1 Å². The SMILES string of the molecule is Nc1ccccc1N(CCO)C(=O)c1cc(Br)c(Br)s1. The van der Waals surface area contributed by atoms with Crippen molar-refractivity contribution in [3.63, 3.8) is 0 Å². The number of aliphatic hydroxyl groups excluding tert-OH is 1. The highest BCUT2D eigenvalue weighted by Crippen LogP contribution is 2.34. The molecule has 0 aliphatic carbocycles. The highest BCUT2D eigenvalue weighted by molar-refractivity contribution is 9.13. The minimum atomic E-state index is -0.187. The summed E-state index contributed by atoms with van der Waals surface area (Å²) in [6.45, 7) is 0.0635. The highest BCUT2D eigenvalue weighted by atomic mass is 79.9. The number of para-hydroxylation sites is 2. The van der Waals surface area contributed by atoms with E-state index in [9.17, 15) is 9.90 Å². The summed E-state index contributed by atoms with van der Waals surface area (Å²) in [6, 6.07) is 8.86. The molecule has 0 bridgehead atoms. The lowest BCUT2D eigenvalue weighted by Gasteiger charge is -2.22. The molecule has 1 heterocycles. The van der Waals surface area contributed by atoms with Crippen molar-refractivity contribution in [2.75, 3.05) is 23.8 Å². The molecule has 106 valence electrons. The highest BCUT2D eigenvalue weighted by Gasteiger charge is 2.21. The van der Waals surface area contributed by atoms with E-state index in [1.54, 1.807) is 24.3 Å². The number of nitrogens with two attached hydrogens (primary N) is 1. The Balaban J connectivity index is 2.38. The van der Waals surface area contributed by atoms with Crippen molar-refractivity contribution in [3.8, 4) is 0 Å².